The summed E-state index contributed by atoms with van der Waals surface area (Å²) in [5.41, 5.74) is 23.5. The summed E-state index contributed by atoms with van der Waals surface area (Å²) < 4.78 is 16.7. The predicted molar refractivity (Wildman–Crippen MR) is 349 cm³/mol. The highest BCUT2D eigenvalue weighted by molar-refractivity contribution is 5.95. The smallest absolute Gasteiger partial charge is 0.343 e. The van der Waals surface area contributed by atoms with Gasteiger partial charge in [-0.2, -0.15) is 0 Å². The summed E-state index contributed by atoms with van der Waals surface area (Å²) in [5.74, 6) is 0.763. The van der Waals surface area contributed by atoms with E-state index in [0.717, 1.165) is 16.7 Å². The van der Waals surface area contributed by atoms with Crippen molar-refractivity contribution in [1.29, 1.82) is 0 Å². The molecule has 6 nitrogen and oxygen atoms in total. The third-order valence-electron chi connectivity index (χ3n) is 15.9. The maximum Gasteiger partial charge on any atom is 0.343 e. The number of ether oxygens (including phenoxy) is 3. The van der Waals surface area contributed by atoms with Crippen LogP contribution in [0.1, 0.15) is 181 Å². The molecule has 0 radical (unpaired) electrons. The molecule has 0 N–H and O–H groups in total. The van der Waals surface area contributed by atoms with Gasteiger partial charge in [0.1, 0.15) is 17.2 Å². The molecule has 0 heterocycles. The van der Waals surface area contributed by atoms with Gasteiger partial charge in [-0.15, -0.1) is 0 Å². The second-order valence-electron chi connectivity index (χ2n) is 22.9. The van der Waals surface area contributed by atoms with Crippen molar-refractivity contribution in [2.24, 2.45) is 0 Å². The molecule has 3 aliphatic rings. The van der Waals surface area contributed by atoms with E-state index < -0.39 is 0 Å². The standard InChI is InChI=1S/3C24H22O2.3C2H6/c2*1-15-5-9-18(10-6-15)26-23(25)17-8-12-20-19-11-7-16(2)13-21(19)24(3,4)22(20)14-17;1-15-5-8-17(9-6-15)23(25)26-18-10-12-20-19-11-7-16(2)13-21(19)24(3,4)22(20)14-18;3*1-2/h3*5-14H,1-4H3;3*1-2H3. The van der Waals surface area contributed by atoms with Crippen LogP contribution in [0, 0.1) is 41.5 Å². The van der Waals surface area contributed by atoms with E-state index in [2.05, 4.69) is 123 Å². The second-order valence-corrected chi connectivity index (χ2v) is 22.9. The highest BCUT2D eigenvalue weighted by Crippen LogP contribution is 2.52. The first-order chi connectivity index (χ1) is 40.1. The third kappa shape index (κ3) is 13.1. The first-order valence-corrected chi connectivity index (χ1v) is 29.7. The van der Waals surface area contributed by atoms with Crippen LogP contribution in [-0.2, 0) is 16.2 Å². The lowest BCUT2D eigenvalue weighted by molar-refractivity contribution is 0.0725. The number of carbonyl (C=O) groups is 3. The average Bonchev–Trinajstić information content (AvgIpc) is 1.75. The number of hydrogen-bond acceptors (Lipinski definition) is 6. The topological polar surface area (TPSA) is 78.9 Å². The second kappa shape index (κ2) is 26.3. The van der Waals surface area contributed by atoms with Crippen molar-refractivity contribution in [2.45, 2.75) is 141 Å². The maximum atomic E-state index is 12.6. The Morgan fingerprint density at radius 3 is 0.798 bits per heavy atom. The maximum absolute atomic E-state index is 12.6. The molecule has 0 amide bonds. The molecule has 9 aromatic carbocycles. The molecule has 0 spiro atoms. The normalized spacial score (nSPS) is 13.1. The van der Waals surface area contributed by atoms with Crippen LogP contribution in [0.5, 0.6) is 17.2 Å². The lowest BCUT2D eigenvalue weighted by Gasteiger charge is -2.22. The van der Waals surface area contributed by atoms with Gasteiger partial charge in [-0.05, 0) is 181 Å². The molecule has 9 aromatic rings. The van der Waals surface area contributed by atoms with Crippen molar-refractivity contribution < 1.29 is 28.6 Å². The molecule has 0 saturated carbocycles. The van der Waals surface area contributed by atoms with Gasteiger partial charge in [0.15, 0.2) is 0 Å². The summed E-state index contributed by atoms with van der Waals surface area (Å²) in [6.45, 7) is 37.7. The predicted octanol–water partition coefficient (Wildman–Crippen LogP) is 20.6. The fraction of sp³-hybridized carbons (Fsp3) is 0.269. The molecule has 0 aliphatic heterocycles. The Morgan fingerprint density at radius 1 is 0.250 bits per heavy atom. The van der Waals surface area contributed by atoms with Crippen LogP contribution in [0.3, 0.4) is 0 Å². The third-order valence-corrected chi connectivity index (χ3v) is 15.9. The minimum Gasteiger partial charge on any atom is -0.423 e. The SMILES string of the molecule is CC.CC.CC.Cc1ccc(C(=O)Oc2ccc3c(c2)C(C)(C)c2cc(C)ccc2-3)cc1.Cc1ccc(OC(=O)c2ccc3c(c2)C(C)(C)c2cc(C)ccc2-3)cc1.Cc1ccc(OC(=O)c2ccc3c(c2)C(C)(C)c2cc(C)ccc2-3)cc1. The lowest BCUT2D eigenvalue weighted by Crippen LogP contribution is -2.16. The summed E-state index contributed by atoms with van der Waals surface area (Å²) in [6.07, 6.45) is 0. The van der Waals surface area contributed by atoms with E-state index in [4.69, 9.17) is 14.2 Å². The Kier molecular flexibility index (Phi) is 19.7. The number of fused-ring (bicyclic) bond motifs is 9. The molecule has 84 heavy (non-hydrogen) atoms. The molecular formula is C78H84O6. The van der Waals surface area contributed by atoms with Crippen molar-refractivity contribution in [3.63, 3.8) is 0 Å². The summed E-state index contributed by atoms with van der Waals surface area (Å²) in [7, 11) is 0. The van der Waals surface area contributed by atoms with Gasteiger partial charge < -0.3 is 14.2 Å². The number of benzene rings is 9. The Morgan fingerprint density at radius 2 is 0.464 bits per heavy atom. The highest BCUT2D eigenvalue weighted by Gasteiger charge is 2.38. The summed E-state index contributed by atoms with van der Waals surface area (Å²) >= 11 is 0. The number of carbonyl (C=O) groups excluding carboxylic acids is 3. The molecule has 3 aliphatic carbocycles. The van der Waals surface area contributed by atoms with Crippen molar-refractivity contribution >= 4 is 17.9 Å². The van der Waals surface area contributed by atoms with Crippen molar-refractivity contribution in [2.75, 3.05) is 0 Å². The van der Waals surface area contributed by atoms with Gasteiger partial charge in [0.2, 0.25) is 0 Å². The summed E-state index contributed by atoms with van der Waals surface area (Å²) in [6, 6.07) is 60.0. The van der Waals surface area contributed by atoms with Gasteiger partial charge >= 0.3 is 17.9 Å². The first-order valence-electron chi connectivity index (χ1n) is 29.7. The van der Waals surface area contributed by atoms with Crippen LogP contribution in [0.15, 0.2) is 182 Å². The number of hydrogen-bond donors (Lipinski definition) is 0. The zero-order valence-corrected chi connectivity index (χ0v) is 52.8. The van der Waals surface area contributed by atoms with Gasteiger partial charge in [-0.25, -0.2) is 14.4 Å². The van der Waals surface area contributed by atoms with Crippen LogP contribution in [0.25, 0.3) is 33.4 Å². The number of esters is 3. The quantitative estimate of drug-likeness (QED) is 0.122. The van der Waals surface area contributed by atoms with Crippen LogP contribution in [0.2, 0.25) is 0 Å². The Labute approximate surface area is 500 Å². The van der Waals surface area contributed by atoms with E-state index in [0.29, 0.717) is 33.9 Å². The van der Waals surface area contributed by atoms with Crippen molar-refractivity contribution in [3.8, 4) is 50.6 Å². The fourth-order valence-electron chi connectivity index (χ4n) is 11.3. The van der Waals surface area contributed by atoms with Crippen LogP contribution < -0.4 is 14.2 Å². The zero-order valence-electron chi connectivity index (χ0n) is 52.8. The summed E-state index contributed by atoms with van der Waals surface area (Å²) in [4.78, 5) is 37.7. The van der Waals surface area contributed by atoms with Crippen molar-refractivity contribution in [3.05, 3.63) is 265 Å². The Bertz CT molecular complexity index is 3670. The van der Waals surface area contributed by atoms with E-state index in [1.807, 2.05) is 172 Å². The van der Waals surface area contributed by atoms with Crippen LogP contribution in [-0.4, -0.2) is 17.9 Å². The average molecular weight is 1120 g/mol. The highest BCUT2D eigenvalue weighted by atomic mass is 16.5. The number of rotatable bonds is 6. The van der Waals surface area contributed by atoms with E-state index in [9.17, 15) is 14.4 Å². The lowest BCUT2D eigenvalue weighted by atomic mass is 9.81. The zero-order chi connectivity index (χ0) is 61.4. The molecule has 0 fully saturated rings. The number of aryl methyl sites for hydroxylation is 6. The minimum absolute atomic E-state index is 0.108. The monoisotopic (exact) mass is 1120 g/mol. The first kappa shape index (κ1) is 63.0. The molecule has 0 bridgehead atoms. The van der Waals surface area contributed by atoms with E-state index in [1.165, 1.54) is 83.5 Å². The minimum atomic E-state index is -0.325. The summed E-state index contributed by atoms with van der Waals surface area (Å²) in [5, 5.41) is 0. The van der Waals surface area contributed by atoms with E-state index >= 15 is 0 Å². The van der Waals surface area contributed by atoms with Gasteiger partial charge in [0.25, 0.3) is 0 Å². The fourth-order valence-corrected chi connectivity index (χ4v) is 11.3. The van der Waals surface area contributed by atoms with Crippen molar-refractivity contribution in [1.82, 2.24) is 0 Å². The Balaban J connectivity index is 0.000000173. The molecule has 0 saturated heterocycles. The molecule has 12 rings (SSSR count). The molecule has 0 aromatic heterocycles. The molecular weight excluding hydrogens is 1030 g/mol. The molecule has 6 heteroatoms. The van der Waals surface area contributed by atoms with Crippen LogP contribution >= 0.6 is 0 Å². The van der Waals surface area contributed by atoms with Gasteiger partial charge in [0, 0.05) is 16.2 Å². The molecule has 432 valence electrons. The van der Waals surface area contributed by atoms with Gasteiger partial charge in [-0.3, -0.25) is 0 Å². The van der Waals surface area contributed by atoms with E-state index in [-0.39, 0.29) is 34.2 Å². The largest absolute Gasteiger partial charge is 0.423 e. The molecule has 0 unspecified atom stereocenters. The van der Waals surface area contributed by atoms with Gasteiger partial charge in [-0.1, -0.05) is 226 Å². The van der Waals surface area contributed by atoms with Gasteiger partial charge in [0.05, 0.1) is 16.7 Å². The Hall–Kier alpha value is -8.61. The molecule has 0 atom stereocenters. The van der Waals surface area contributed by atoms with E-state index in [1.54, 1.807) is 12.1 Å². The van der Waals surface area contributed by atoms with Crippen LogP contribution in [0.4, 0.5) is 0 Å².